The summed E-state index contributed by atoms with van der Waals surface area (Å²) in [4.78, 5) is 25.2. The molecular formula is C23H20N2O4. The average molecular weight is 388 g/mol. The van der Waals surface area contributed by atoms with Crippen LogP contribution >= 0.6 is 0 Å². The maximum absolute atomic E-state index is 12.9. The van der Waals surface area contributed by atoms with E-state index in [9.17, 15) is 9.59 Å². The van der Waals surface area contributed by atoms with E-state index in [-0.39, 0.29) is 5.91 Å². The fourth-order valence-corrected chi connectivity index (χ4v) is 3.10. The maximum Gasteiger partial charge on any atom is 0.420 e. The lowest BCUT2D eigenvalue weighted by Crippen LogP contribution is -2.29. The van der Waals surface area contributed by atoms with Crippen LogP contribution in [0.4, 0.5) is 5.69 Å². The highest BCUT2D eigenvalue weighted by Gasteiger charge is 2.22. The van der Waals surface area contributed by atoms with Crippen LogP contribution in [0.25, 0.3) is 11.1 Å². The van der Waals surface area contributed by atoms with Crippen molar-refractivity contribution in [3.8, 4) is 11.5 Å². The number of rotatable bonds is 5. The van der Waals surface area contributed by atoms with Gasteiger partial charge in [0.15, 0.2) is 11.3 Å². The number of carbonyl (C=O) groups excluding carboxylic acids is 1. The van der Waals surface area contributed by atoms with Crippen LogP contribution in [0.3, 0.4) is 0 Å². The van der Waals surface area contributed by atoms with E-state index in [1.165, 1.54) is 4.57 Å². The molecule has 146 valence electrons. The summed E-state index contributed by atoms with van der Waals surface area (Å²) in [5.41, 5.74) is 2.67. The molecular weight excluding hydrogens is 368 g/mol. The Hall–Kier alpha value is -3.80. The number of benzene rings is 3. The van der Waals surface area contributed by atoms with E-state index in [0.29, 0.717) is 28.3 Å². The summed E-state index contributed by atoms with van der Waals surface area (Å²) in [6.45, 7) is 3.66. The monoisotopic (exact) mass is 388 g/mol. The van der Waals surface area contributed by atoms with Crippen LogP contribution in [0, 0.1) is 6.92 Å². The van der Waals surface area contributed by atoms with Gasteiger partial charge in [-0.2, -0.15) is 0 Å². The molecule has 6 heteroatoms. The number of anilines is 1. The minimum Gasteiger partial charge on any atom is -0.455 e. The van der Waals surface area contributed by atoms with Gasteiger partial charge >= 0.3 is 5.76 Å². The third-order valence-electron chi connectivity index (χ3n) is 4.68. The number of hydrogen-bond donors (Lipinski definition) is 1. The molecule has 0 saturated heterocycles. The number of nitrogens with zero attached hydrogens (tertiary/aromatic N) is 1. The Morgan fingerprint density at radius 1 is 1.00 bits per heavy atom. The zero-order chi connectivity index (χ0) is 20.4. The smallest absolute Gasteiger partial charge is 0.420 e. The summed E-state index contributed by atoms with van der Waals surface area (Å²) < 4.78 is 12.5. The van der Waals surface area contributed by atoms with Crippen molar-refractivity contribution < 1.29 is 13.9 Å². The zero-order valence-electron chi connectivity index (χ0n) is 16.1. The Balaban J connectivity index is 1.59. The van der Waals surface area contributed by atoms with Gasteiger partial charge < -0.3 is 14.5 Å². The van der Waals surface area contributed by atoms with Crippen molar-refractivity contribution in [3.05, 3.63) is 88.9 Å². The van der Waals surface area contributed by atoms with Crippen molar-refractivity contribution in [1.82, 2.24) is 4.57 Å². The fourth-order valence-electron chi connectivity index (χ4n) is 3.10. The van der Waals surface area contributed by atoms with Crippen molar-refractivity contribution in [1.29, 1.82) is 0 Å². The molecule has 0 bridgehead atoms. The Morgan fingerprint density at radius 3 is 2.48 bits per heavy atom. The lowest BCUT2D eigenvalue weighted by molar-refractivity contribution is -0.118. The summed E-state index contributed by atoms with van der Waals surface area (Å²) in [6.07, 6.45) is 0. The van der Waals surface area contributed by atoms with E-state index in [0.717, 1.165) is 5.56 Å². The molecule has 4 rings (SSSR count). The third kappa shape index (κ3) is 3.78. The van der Waals surface area contributed by atoms with Crippen molar-refractivity contribution in [2.45, 2.75) is 19.9 Å². The number of aromatic nitrogens is 1. The molecule has 1 aromatic heterocycles. The van der Waals surface area contributed by atoms with Crippen molar-refractivity contribution in [2.75, 3.05) is 5.32 Å². The number of carbonyl (C=O) groups is 1. The Kier molecular flexibility index (Phi) is 4.91. The van der Waals surface area contributed by atoms with Gasteiger partial charge in [-0.25, -0.2) is 4.79 Å². The second-order valence-electron chi connectivity index (χ2n) is 6.78. The molecule has 3 aromatic carbocycles. The van der Waals surface area contributed by atoms with Crippen LogP contribution in [0.2, 0.25) is 0 Å². The van der Waals surface area contributed by atoms with Crippen molar-refractivity contribution in [2.24, 2.45) is 0 Å². The number of nitrogens with one attached hydrogen (secondary N) is 1. The van der Waals surface area contributed by atoms with Crippen LogP contribution in [0.1, 0.15) is 18.5 Å². The molecule has 0 unspecified atom stereocenters. The molecule has 4 aromatic rings. The van der Waals surface area contributed by atoms with Gasteiger partial charge in [0.1, 0.15) is 11.8 Å². The highest BCUT2D eigenvalue weighted by molar-refractivity contribution is 5.95. The van der Waals surface area contributed by atoms with E-state index in [1.807, 2.05) is 43.3 Å². The van der Waals surface area contributed by atoms with Crippen LogP contribution in [-0.2, 0) is 4.79 Å². The minimum atomic E-state index is -0.765. The standard InChI is InChI=1S/C23H20N2O4/c1-15-11-13-17(14-12-15)28-20-9-5-3-7-18(20)24-22(26)16(2)25-19-8-4-6-10-21(19)29-23(25)27/h3-14,16H,1-2H3,(H,24,26)/t16-/m1/s1. The molecule has 0 radical (unpaired) electrons. The predicted molar refractivity (Wildman–Crippen MR) is 112 cm³/mol. The van der Waals surface area contributed by atoms with Crippen LogP contribution in [-0.4, -0.2) is 10.5 Å². The summed E-state index contributed by atoms with van der Waals surface area (Å²) >= 11 is 0. The Bertz CT molecular complexity index is 1220. The predicted octanol–water partition coefficient (Wildman–Crippen LogP) is 4.89. The molecule has 1 atom stereocenters. The maximum atomic E-state index is 12.9. The number of amides is 1. The number of ether oxygens (including phenoxy) is 1. The van der Waals surface area contributed by atoms with Gasteiger partial charge in [0, 0.05) is 0 Å². The molecule has 0 aliphatic rings. The number of hydrogen-bond acceptors (Lipinski definition) is 4. The second kappa shape index (κ2) is 7.67. The molecule has 0 aliphatic carbocycles. The molecule has 29 heavy (non-hydrogen) atoms. The number of fused-ring (bicyclic) bond motifs is 1. The van der Waals surface area contributed by atoms with Gasteiger partial charge in [-0.1, -0.05) is 42.0 Å². The lowest BCUT2D eigenvalue weighted by atomic mass is 10.2. The summed E-state index contributed by atoms with van der Waals surface area (Å²) in [7, 11) is 0. The molecule has 1 N–H and O–H groups in total. The Labute approximate surface area is 167 Å². The van der Waals surface area contributed by atoms with Gasteiger partial charge in [-0.3, -0.25) is 9.36 Å². The third-order valence-corrected chi connectivity index (χ3v) is 4.68. The fraction of sp³-hybridized carbons (Fsp3) is 0.130. The van der Waals surface area contributed by atoms with E-state index >= 15 is 0 Å². The average Bonchev–Trinajstić information content (AvgIpc) is 3.06. The van der Waals surface area contributed by atoms with Gasteiger partial charge in [-0.05, 0) is 50.2 Å². The normalized spacial score (nSPS) is 11.9. The molecule has 0 saturated carbocycles. The summed E-state index contributed by atoms with van der Waals surface area (Å²) in [5, 5.41) is 2.86. The highest BCUT2D eigenvalue weighted by atomic mass is 16.5. The summed E-state index contributed by atoms with van der Waals surface area (Å²) in [5.74, 6) is 0.264. The van der Waals surface area contributed by atoms with Crippen molar-refractivity contribution in [3.63, 3.8) is 0 Å². The Morgan fingerprint density at radius 2 is 1.69 bits per heavy atom. The van der Waals surface area contributed by atoms with E-state index < -0.39 is 11.8 Å². The number of oxazole rings is 1. The number of aryl methyl sites for hydroxylation is 1. The van der Waals surface area contributed by atoms with Gasteiger partial charge in [0.25, 0.3) is 0 Å². The van der Waals surface area contributed by atoms with Gasteiger partial charge in [-0.15, -0.1) is 0 Å². The van der Waals surface area contributed by atoms with E-state index in [4.69, 9.17) is 9.15 Å². The first-order chi connectivity index (χ1) is 14.0. The van der Waals surface area contributed by atoms with E-state index in [2.05, 4.69) is 5.32 Å². The highest BCUT2D eigenvalue weighted by Crippen LogP contribution is 2.30. The molecule has 1 heterocycles. The molecule has 1 amide bonds. The SMILES string of the molecule is Cc1ccc(Oc2ccccc2NC(=O)[C@@H](C)n2c(=O)oc3ccccc32)cc1. The van der Waals surface area contributed by atoms with E-state index in [1.54, 1.807) is 43.3 Å². The largest absolute Gasteiger partial charge is 0.455 e. The topological polar surface area (TPSA) is 73.5 Å². The zero-order valence-corrected chi connectivity index (χ0v) is 16.1. The minimum absolute atomic E-state index is 0.349. The van der Waals surface area contributed by atoms with Gasteiger partial charge in [0.2, 0.25) is 5.91 Å². The van der Waals surface area contributed by atoms with Crippen LogP contribution in [0.5, 0.6) is 11.5 Å². The molecule has 0 aliphatic heterocycles. The van der Waals surface area contributed by atoms with Crippen LogP contribution < -0.4 is 15.8 Å². The first-order valence-corrected chi connectivity index (χ1v) is 9.27. The molecule has 0 spiro atoms. The van der Waals surface area contributed by atoms with Crippen molar-refractivity contribution >= 4 is 22.7 Å². The summed E-state index contributed by atoms with van der Waals surface area (Å²) in [6, 6.07) is 21.1. The first-order valence-electron chi connectivity index (χ1n) is 9.27. The lowest BCUT2D eigenvalue weighted by Gasteiger charge is -2.16. The first kappa shape index (κ1) is 18.6. The molecule has 6 nitrogen and oxygen atoms in total. The van der Waals surface area contributed by atoms with Crippen LogP contribution in [0.15, 0.2) is 82.0 Å². The number of para-hydroxylation sites is 4. The molecule has 0 fully saturated rings. The van der Waals surface area contributed by atoms with Gasteiger partial charge in [0.05, 0.1) is 11.2 Å². The second-order valence-corrected chi connectivity index (χ2v) is 6.78. The quantitative estimate of drug-likeness (QED) is 0.528.